The molecule has 0 atom stereocenters. The predicted molar refractivity (Wildman–Crippen MR) is 114 cm³/mol. The van der Waals surface area contributed by atoms with Crippen LogP contribution in [0.4, 0.5) is 5.82 Å². The van der Waals surface area contributed by atoms with Crippen molar-refractivity contribution in [3.05, 3.63) is 48.2 Å². The summed E-state index contributed by atoms with van der Waals surface area (Å²) in [5.74, 6) is 0.783. The van der Waals surface area contributed by atoms with Crippen molar-refractivity contribution in [3.8, 4) is 11.1 Å². The number of anilines is 1. The lowest BCUT2D eigenvalue weighted by Crippen LogP contribution is -2.25. The van der Waals surface area contributed by atoms with Gasteiger partial charge in [-0.2, -0.15) is 0 Å². The summed E-state index contributed by atoms with van der Waals surface area (Å²) in [5, 5.41) is 3.87. The lowest BCUT2D eigenvalue weighted by atomic mass is 10.0. The second-order valence-electron chi connectivity index (χ2n) is 7.40. The molecule has 3 N–H and O–H groups in total. The molecular formula is C21H24N4O3S. The molecule has 4 rings (SSSR count). The number of amides is 1. The maximum atomic E-state index is 12.1. The van der Waals surface area contributed by atoms with E-state index in [-0.39, 0.29) is 24.1 Å². The summed E-state index contributed by atoms with van der Waals surface area (Å²) in [6.45, 7) is 2.10. The lowest BCUT2D eigenvalue weighted by Gasteiger charge is -2.10. The zero-order valence-electron chi connectivity index (χ0n) is 16.2. The van der Waals surface area contributed by atoms with Crippen LogP contribution in [-0.4, -0.2) is 30.0 Å². The first-order valence-electron chi connectivity index (χ1n) is 9.81. The van der Waals surface area contributed by atoms with E-state index in [2.05, 4.69) is 20.0 Å². The van der Waals surface area contributed by atoms with Crippen molar-refractivity contribution in [1.82, 2.24) is 14.7 Å². The van der Waals surface area contributed by atoms with Crippen molar-refractivity contribution >= 4 is 32.8 Å². The van der Waals surface area contributed by atoms with Crippen LogP contribution in [0.25, 0.3) is 22.2 Å². The van der Waals surface area contributed by atoms with Crippen molar-refractivity contribution in [2.24, 2.45) is 5.92 Å². The Labute approximate surface area is 170 Å². The number of carbonyl (C=O) groups is 1. The second-order valence-corrected chi connectivity index (χ2v) is 9.32. The third-order valence-electron chi connectivity index (χ3n) is 4.96. The number of hydrogen-bond acceptors (Lipinski definition) is 4. The van der Waals surface area contributed by atoms with Gasteiger partial charge in [0.15, 0.2) is 0 Å². The smallest absolute Gasteiger partial charge is 0.228 e. The third kappa shape index (κ3) is 4.65. The number of fused-ring (bicyclic) bond motifs is 1. The third-order valence-corrected chi connectivity index (χ3v) is 6.49. The monoisotopic (exact) mass is 412 g/mol. The fourth-order valence-corrected chi connectivity index (χ4v) is 4.32. The highest BCUT2D eigenvalue weighted by Gasteiger charge is 2.30. The molecule has 1 aromatic carbocycles. The number of nitrogens with zero attached hydrogens (tertiary/aromatic N) is 1. The molecule has 7 nitrogen and oxygen atoms in total. The number of carbonyl (C=O) groups excluding carboxylic acids is 1. The van der Waals surface area contributed by atoms with Crippen molar-refractivity contribution in [1.29, 1.82) is 0 Å². The molecule has 8 heteroatoms. The minimum absolute atomic E-state index is 0.0177. The second kappa shape index (κ2) is 7.96. The van der Waals surface area contributed by atoms with Gasteiger partial charge in [-0.05, 0) is 48.1 Å². The van der Waals surface area contributed by atoms with E-state index in [0.29, 0.717) is 17.9 Å². The number of sulfonamides is 1. The van der Waals surface area contributed by atoms with Gasteiger partial charge in [0.2, 0.25) is 15.9 Å². The van der Waals surface area contributed by atoms with Crippen LogP contribution in [0.2, 0.25) is 0 Å². The molecular weight excluding hydrogens is 388 g/mol. The van der Waals surface area contributed by atoms with Crippen LogP contribution in [0.5, 0.6) is 0 Å². The first-order valence-corrected chi connectivity index (χ1v) is 11.5. The molecule has 1 aliphatic rings. The summed E-state index contributed by atoms with van der Waals surface area (Å²) >= 11 is 0. The van der Waals surface area contributed by atoms with E-state index in [1.807, 2.05) is 49.5 Å². The molecule has 0 aliphatic heterocycles. The molecule has 1 amide bonds. The van der Waals surface area contributed by atoms with E-state index in [9.17, 15) is 13.2 Å². The largest absolute Gasteiger partial charge is 0.346 e. The number of benzene rings is 1. The molecule has 1 saturated carbocycles. The molecule has 0 saturated heterocycles. The molecule has 0 bridgehead atoms. The summed E-state index contributed by atoms with van der Waals surface area (Å²) in [6.07, 6.45) is 4.28. The lowest BCUT2D eigenvalue weighted by molar-refractivity contribution is -0.117. The Hall–Kier alpha value is -2.71. The average Bonchev–Trinajstić information content (AvgIpc) is 3.45. The Kier molecular flexibility index (Phi) is 5.38. The fourth-order valence-electron chi connectivity index (χ4n) is 3.25. The SMILES string of the molecule is CCCS(=O)(=O)NCc1ccc(-c2cc(NC(=O)C3CC3)nc3[nH]ccc23)cc1. The Morgan fingerprint density at radius 2 is 1.97 bits per heavy atom. The molecule has 2 aromatic heterocycles. The Bertz CT molecular complexity index is 1130. The zero-order valence-corrected chi connectivity index (χ0v) is 17.1. The van der Waals surface area contributed by atoms with Gasteiger partial charge in [-0.25, -0.2) is 18.1 Å². The molecule has 2 heterocycles. The quantitative estimate of drug-likeness (QED) is 0.527. The summed E-state index contributed by atoms with van der Waals surface area (Å²) in [6, 6.07) is 11.6. The predicted octanol–water partition coefficient (Wildman–Crippen LogP) is 3.41. The first-order chi connectivity index (χ1) is 13.9. The number of nitrogens with one attached hydrogen (secondary N) is 3. The maximum Gasteiger partial charge on any atom is 0.228 e. The zero-order chi connectivity index (χ0) is 20.4. The highest BCUT2D eigenvalue weighted by Crippen LogP contribution is 2.33. The van der Waals surface area contributed by atoms with Gasteiger partial charge in [0, 0.05) is 24.0 Å². The number of aromatic amines is 1. The molecule has 0 radical (unpaired) electrons. The Balaban J connectivity index is 1.57. The van der Waals surface area contributed by atoms with E-state index in [1.165, 1.54) is 0 Å². The van der Waals surface area contributed by atoms with E-state index < -0.39 is 10.0 Å². The number of H-pyrrole nitrogens is 1. The molecule has 3 aromatic rings. The normalized spacial score (nSPS) is 14.2. The van der Waals surface area contributed by atoms with Gasteiger partial charge in [0.05, 0.1) is 5.75 Å². The highest BCUT2D eigenvalue weighted by molar-refractivity contribution is 7.89. The number of pyridine rings is 1. The number of hydrogen-bond donors (Lipinski definition) is 3. The van der Waals surface area contributed by atoms with Crippen molar-refractivity contribution < 1.29 is 13.2 Å². The van der Waals surface area contributed by atoms with Crippen LogP contribution < -0.4 is 10.0 Å². The van der Waals surface area contributed by atoms with Crippen LogP contribution in [0.1, 0.15) is 31.7 Å². The summed E-state index contributed by atoms with van der Waals surface area (Å²) in [4.78, 5) is 19.7. The molecule has 29 heavy (non-hydrogen) atoms. The van der Waals surface area contributed by atoms with Gasteiger partial charge < -0.3 is 10.3 Å². The molecule has 1 fully saturated rings. The average molecular weight is 413 g/mol. The topological polar surface area (TPSA) is 104 Å². The van der Waals surface area contributed by atoms with Crippen molar-refractivity contribution in [2.75, 3.05) is 11.1 Å². The van der Waals surface area contributed by atoms with Crippen LogP contribution >= 0.6 is 0 Å². The minimum atomic E-state index is -3.24. The molecule has 152 valence electrons. The van der Waals surface area contributed by atoms with Gasteiger partial charge in [0.25, 0.3) is 0 Å². The summed E-state index contributed by atoms with van der Waals surface area (Å²) in [5.41, 5.74) is 3.53. The standard InChI is InChI=1S/C21H24N4O3S/c1-2-11-29(27,28)23-13-14-3-5-15(6-4-14)18-12-19(25-21(26)16-7-8-16)24-20-17(18)9-10-22-20/h3-6,9-10,12,16,23H,2,7-8,11,13H2,1H3,(H2,22,24,25,26). The van der Waals surface area contributed by atoms with Crippen LogP contribution in [0.15, 0.2) is 42.6 Å². The van der Waals surface area contributed by atoms with Crippen molar-refractivity contribution in [3.63, 3.8) is 0 Å². The van der Waals surface area contributed by atoms with Gasteiger partial charge in [-0.3, -0.25) is 4.79 Å². The first kappa shape index (κ1) is 19.6. The van der Waals surface area contributed by atoms with E-state index >= 15 is 0 Å². The van der Waals surface area contributed by atoms with Crippen LogP contribution in [-0.2, 0) is 21.4 Å². The van der Waals surface area contributed by atoms with Crippen LogP contribution in [0, 0.1) is 5.92 Å². The van der Waals surface area contributed by atoms with E-state index in [4.69, 9.17) is 0 Å². The van der Waals surface area contributed by atoms with Gasteiger partial charge in [-0.1, -0.05) is 31.2 Å². The highest BCUT2D eigenvalue weighted by atomic mass is 32.2. The van der Waals surface area contributed by atoms with E-state index in [1.54, 1.807) is 0 Å². The van der Waals surface area contributed by atoms with Crippen LogP contribution in [0.3, 0.4) is 0 Å². The molecule has 0 unspecified atom stereocenters. The Morgan fingerprint density at radius 3 is 2.66 bits per heavy atom. The summed E-state index contributed by atoms with van der Waals surface area (Å²) in [7, 11) is -3.24. The van der Waals surface area contributed by atoms with Gasteiger partial charge in [-0.15, -0.1) is 0 Å². The fraction of sp³-hybridized carbons (Fsp3) is 0.333. The Morgan fingerprint density at radius 1 is 1.21 bits per heavy atom. The molecule has 0 spiro atoms. The van der Waals surface area contributed by atoms with Crippen molar-refractivity contribution in [2.45, 2.75) is 32.7 Å². The number of rotatable bonds is 8. The van der Waals surface area contributed by atoms with E-state index in [0.717, 1.165) is 34.9 Å². The molecule has 1 aliphatic carbocycles. The van der Waals surface area contributed by atoms with Gasteiger partial charge >= 0.3 is 0 Å². The number of aromatic nitrogens is 2. The maximum absolute atomic E-state index is 12.1. The summed E-state index contributed by atoms with van der Waals surface area (Å²) < 4.78 is 26.3. The van der Waals surface area contributed by atoms with Gasteiger partial charge in [0.1, 0.15) is 11.5 Å². The minimum Gasteiger partial charge on any atom is -0.346 e.